The maximum absolute atomic E-state index is 5.14. The van der Waals surface area contributed by atoms with Gasteiger partial charge in [0.2, 0.25) is 0 Å². The summed E-state index contributed by atoms with van der Waals surface area (Å²) in [5.74, 6) is 2.42. The normalized spacial score (nSPS) is 11.0. The molecule has 66 heavy (non-hydrogen) atoms. The van der Waals surface area contributed by atoms with Crippen molar-refractivity contribution < 1.29 is 0 Å². The van der Waals surface area contributed by atoms with Crippen LogP contribution in [0.1, 0.15) is 0 Å². The fraction of sp³-hybridized carbons (Fsp3) is 0. The van der Waals surface area contributed by atoms with Crippen LogP contribution in [-0.2, 0) is 0 Å². The Kier molecular flexibility index (Phi) is 10.8. The van der Waals surface area contributed by atoms with Crippen molar-refractivity contribution >= 4 is 0 Å². The topological polar surface area (TPSA) is 103 Å². The molecule has 0 unspecified atom stereocenters. The first-order valence-corrected chi connectivity index (χ1v) is 21.7. The molecule has 0 aliphatic carbocycles. The molecular weight excluding hydrogens is 809 g/mol. The highest BCUT2D eigenvalue weighted by Crippen LogP contribution is 2.33. The first kappa shape index (κ1) is 39.7. The fourth-order valence-corrected chi connectivity index (χ4v) is 7.82. The Morgan fingerprint density at radius 3 is 0.955 bits per heavy atom. The molecule has 0 aliphatic heterocycles. The molecule has 0 radical (unpaired) electrons. The van der Waals surface area contributed by atoms with E-state index >= 15 is 0 Å². The van der Waals surface area contributed by atoms with Crippen LogP contribution >= 0.6 is 0 Å². The number of hydrogen-bond acceptors (Lipinski definition) is 8. The molecule has 0 bridgehead atoms. The van der Waals surface area contributed by atoms with Crippen LogP contribution in [0.3, 0.4) is 0 Å². The van der Waals surface area contributed by atoms with E-state index in [1.807, 2.05) is 152 Å². The number of aromatic nitrogens is 8. The summed E-state index contributed by atoms with van der Waals surface area (Å²) in [4.78, 5) is 39.6. The average Bonchev–Trinajstić information content (AvgIpc) is 3.42. The molecule has 0 spiro atoms. The first-order chi connectivity index (χ1) is 32.7. The van der Waals surface area contributed by atoms with Crippen LogP contribution < -0.4 is 0 Å². The van der Waals surface area contributed by atoms with E-state index in [4.69, 9.17) is 39.9 Å². The summed E-state index contributed by atoms with van der Waals surface area (Å²) in [6.45, 7) is 0. The van der Waals surface area contributed by atoms with E-state index in [1.165, 1.54) is 0 Å². The van der Waals surface area contributed by atoms with Gasteiger partial charge in [-0.25, -0.2) is 29.9 Å². The largest absolute Gasteiger partial charge is 0.254 e. The van der Waals surface area contributed by atoms with Crippen LogP contribution in [-0.4, -0.2) is 39.9 Å². The second kappa shape index (κ2) is 17.9. The molecule has 6 aromatic carbocycles. The molecule has 310 valence electrons. The lowest BCUT2D eigenvalue weighted by atomic mass is 10.0. The van der Waals surface area contributed by atoms with E-state index in [0.29, 0.717) is 29.0 Å². The van der Waals surface area contributed by atoms with Gasteiger partial charge in [-0.1, -0.05) is 182 Å². The smallest absolute Gasteiger partial charge is 0.165 e. The van der Waals surface area contributed by atoms with Crippen molar-refractivity contribution in [1.82, 2.24) is 39.9 Å². The molecule has 5 heterocycles. The molecule has 0 saturated carbocycles. The zero-order valence-electron chi connectivity index (χ0n) is 35.5. The summed E-state index contributed by atoms with van der Waals surface area (Å²) in [7, 11) is 0. The second-order valence-corrected chi connectivity index (χ2v) is 15.7. The average molecular weight is 847 g/mol. The van der Waals surface area contributed by atoms with Crippen LogP contribution in [0, 0.1) is 0 Å². The predicted octanol–water partition coefficient (Wildman–Crippen LogP) is 13.5. The minimum absolute atomic E-state index is 0.538. The third-order valence-corrected chi connectivity index (χ3v) is 11.3. The summed E-state index contributed by atoms with van der Waals surface area (Å²) < 4.78 is 0. The van der Waals surface area contributed by atoms with Gasteiger partial charge in [-0.15, -0.1) is 0 Å². The highest BCUT2D eigenvalue weighted by molar-refractivity contribution is 5.78. The molecule has 0 fully saturated rings. The van der Waals surface area contributed by atoms with Gasteiger partial charge in [-0.2, -0.15) is 0 Å². The van der Waals surface area contributed by atoms with Gasteiger partial charge >= 0.3 is 0 Å². The predicted molar refractivity (Wildman–Crippen MR) is 263 cm³/mol. The summed E-state index contributed by atoms with van der Waals surface area (Å²) in [6.07, 6.45) is 3.71. The van der Waals surface area contributed by atoms with Crippen molar-refractivity contribution in [2.45, 2.75) is 0 Å². The maximum atomic E-state index is 5.14. The Morgan fingerprint density at radius 2 is 0.515 bits per heavy atom. The zero-order chi connectivity index (χ0) is 44.1. The lowest BCUT2D eigenvalue weighted by Crippen LogP contribution is -2.00. The van der Waals surface area contributed by atoms with Gasteiger partial charge in [-0.3, -0.25) is 9.97 Å². The van der Waals surface area contributed by atoms with Gasteiger partial charge in [0, 0.05) is 51.3 Å². The third kappa shape index (κ3) is 8.50. The lowest BCUT2D eigenvalue weighted by Gasteiger charge is -2.11. The Morgan fingerprint density at radius 1 is 0.182 bits per heavy atom. The lowest BCUT2D eigenvalue weighted by molar-refractivity contribution is 1.07. The van der Waals surface area contributed by atoms with Crippen LogP contribution in [0.25, 0.3) is 113 Å². The van der Waals surface area contributed by atoms with Crippen LogP contribution in [0.15, 0.2) is 231 Å². The summed E-state index contributed by atoms with van der Waals surface area (Å²) in [5, 5.41) is 0. The summed E-state index contributed by atoms with van der Waals surface area (Å²) >= 11 is 0. The van der Waals surface area contributed by atoms with Gasteiger partial charge < -0.3 is 0 Å². The molecular formula is C58H38N8. The first-order valence-electron chi connectivity index (χ1n) is 21.7. The highest BCUT2D eigenvalue weighted by atomic mass is 15.0. The number of rotatable bonds is 10. The Labute approximate surface area is 382 Å². The van der Waals surface area contributed by atoms with Crippen molar-refractivity contribution in [3.63, 3.8) is 0 Å². The Bertz CT molecular complexity index is 3290. The van der Waals surface area contributed by atoms with Crippen LogP contribution in [0.2, 0.25) is 0 Å². The number of pyridine rings is 3. The minimum Gasteiger partial charge on any atom is -0.254 e. The minimum atomic E-state index is 0.538. The maximum Gasteiger partial charge on any atom is 0.165 e. The fourth-order valence-electron chi connectivity index (χ4n) is 7.82. The van der Waals surface area contributed by atoms with Gasteiger partial charge in [0.25, 0.3) is 0 Å². The SMILES string of the molecule is c1ccc(-c2cc(-c3ccc(-c4ccc(-c5cc(-c6ccccc6)nc(-c6ccccc6)n5)cc4)cn3)nc(-c3ccc(-c4nc(-c5ccccc5)nc(-c5ccccc5)n4)cn3)c2)cc1. The molecule has 0 atom stereocenters. The number of benzene rings is 6. The van der Waals surface area contributed by atoms with Crippen molar-refractivity contribution in [1.29, 1.82) is 0 Å². The van der Waals surface area contributed by atoms with E-state index in [-0.39, 0.29) is 0 Å². The quantitative estimate of drug-likeness (QED) is 0.134. The number of hydrogen-bond donors (Lipinski definition) is 0. The summed E-state index contributed by atoms with van der Waals surface area (Å²) in [6, 6.07) is 73.2. The van der Waals surface area contributed by atoms with Gasteiger partial charge in [-0.05, 0) is 53.1 Å². The second-order valence-electron chi connectivity index (χ2n) is 15.7. The Balaban J connectivity index is 0.899. The van der Waals surface area contributed by atoms with E-state index in [9.17, 15) is 0 Å². The van der Waals surface area contributed by atoms with Crippen molar-refractivity contribution in [2.75, 3.05) is 0 Å². The summed E-state index contributed by atoms with van der Waals surface area (Å²) in [5.41, 5.74) is 14.4. The standard InChI is InChI=1S/C58H38N8/c1-6-16-39(17-7-1)48-34-53(61-54(35-48)50-33-31-47(38-60-50)58-65-56(44-22-12-4-13-23-44)64-57(66-58)45-24-14-5-15-25-45)49-32-30-46(37-59-49)40-26-28-42(29-27-40)52-36-51(41-18-8-2-9-19-41)62-55(63-52)43-20-10-3-11-21-43/h1-38H. The molecule has 11 rings (SSSR count). The molecule has 0 amide bonds. The van der Waals surface area contributed by atoms with Crippen LogP contribution in [0.5, 0.6) is 0 Å². The van der Waals surface area contributed by atoms with Gasteiger partial charge in [0.15, 0.2) is 23.3 Å². The van der Waals surface area contributed by atoms with E-state index in [1.54, 1.807) is 6.20 Å². The molecule has 8 nitrogen and oxygen atoms in total. The molecule has 11 aromatic rings. The van der Waals surface area contributed by atoms with E-state index in [2.05, 4.69) is 72.8 Å². The third-order valence-electron chi connectivity index (χ3n) is 11.3. The van der Waals surface area contributed by atoms with E-state index < -0.39 is 0 Å². The molecule has 8 heteroatoms. The van der Waals surface area contributed by atoms with Crippen molar-refractivity contribution in [3.05, 3.63) is 231 Å². The molecule has 5 aromatic heterocycles. The number of nitrogens with zero attached hydrogens (tertiary/aromatic N) is 8. The van der Waals surface area contributed by atoms with Gasteiger partial charge in [0.1, 0.15) is 0 Å². The van der Waals surface area contributed by atoms with Gasteiger partial charge in [0.05, 0.1) is 34.2 Å². The van der Waals surface area contributed by atoms with E-state index in [0.717, 1.165) is 84.1 Å². The molecule has 0 aliphatic rings. The molecule has 0 saturated heterocycles. The van der Waals surface area contributed by atoms with Crippen molar-refractivity contribution in [3.8, 4) is 113 Å². The molecule has 0 N–H and O–H groups in total. The monoisotopic (exact) mass is 846 g/mol. The van der Waals surface area contributed by atoms with Crippen molar-refractivity contribution in [2.24, 2.45) is 0 Å². The van der Waals surface area contributed by atoms with Crippen LogP contribution in [0.4, 0.5) is 0 Å². The highest BCUT2D eigenvalue weighted by Gasteiger charge is 2.16. The zero-order valence-corrected chi connectivity index (χ0v) is 35.5. The Hall–Kier alpha value is -9.14.